The summed E-state index contributed by atoms with van der Waals surface area (Å²) in [5, 5.41) is 12.1. The Kier molecular flexibility index (Phi) is 4.74. The molecule has 0 fully saturated rings. The molecule has 112 valence electrons. The molecule has 2 rings (SSSR count). The molecule has 1 heterocycles. The molecule has 2 aromatic rings. The molecule has 0 aliphatic carbocycles. The molecule has 0 radical (unpaired) electrons. The van der Waals surface area contributed by atoms with Gasteiger partial charge in [-0.2, -0.15) is 0 Å². The van der Waals surface area contributed by atoms with Gasteiger partial charge < -0.3 is 16.2 Å². The van der Waals surface area contributed by atoms with Gasteiger partial charge in [0.05, 0.1) is 16.6 Å². The molecule has 1 aromatic heterocycles. The number of aliphatic carboxylic acids is 1. The predicted molar refractivity (Wildman–Crippen MR) is 82.4 cm³/mol. The lowest BCUT2D eigenvalue weighted by molar-refractivity contribution is -0.137. The first kappa shape index (κ1) is 15.2. The summed E-state index contributed by atoms with van der Waals surface area (Å²) in [4.78, 5) is 27.1. The first-order chi connectivity index (χ1) is 9.99. The molecule has 0 saturated heterocycles. The highest BCUT2D eigenvalue weighted by molar-refractivity contribution is 7.22. The number of hydrogen-bond donors (Lipinski definition) is 3. The van der Waals surface area contributed by atoms with Crippen molar-refractivity contribution in [2.24, 2.45) is 0 Å². The predicted octanol–water partition coefficient (Wildman–Crippen LogP) is 2.25. The summed E-state index contributed by atoms with van der Waals surface area (Å²) in [6.45, 7) is 1.95. The summed E-state index contributed by atoms with van der Waals surface area (Å²) < 4.78 is 0.838. The second-order valence-corrected chi connectivity index (χ2v) is 5.85. The second-order valence-electron chi connectivity index (χ2n) is 4.79. The van der Waals surface area contributed by atoms with Gasteiger partial charge in [-0.3, -0.25) is 9.59 Å². The number of carboxylic acid groups (broad SMARTS) is 1. The van der Waals surface area contributed by atoms with E-state index in [1.807, 2.05) is 6.92 Å². The van der Waals surface area contributed by atoms with E-state index in [1.54, 1.807) is 18.2 Å². The van der Waals surface area contributed by atoms with Crippen LogP contribution in [-0.4, -0.2) is 28.0 Å². The number of carboxylic acids is 1. The van der Waals surface area contributed by atoms with Crippen LogP contribution < -0.4 is 11.1 Å². The minimum absolute atomic E-state index is 0.0741. The van der Waals surface area contributed by atoms with E-state index in [9.17, 15) is 9.59 Å². The number of thiazole rings is 1. The average Bonchev–Trinajstić information content (AvgIpc) is 2.77. The van der Waals surface area contributed by atoms with E-state index >= 15 is 0 Å². The quantitative estimate of drug-likeness (QED) is 0.759. The highest BCUT2D eigenvalue weighted by Gasteiger charge is 2.16. The van der Waals surface area contributed by atoms with Crippen molar-refractivity contribution in [3.63, 3.8) is 0 Å². The van der Waals surface area contributed by atoms with Crippen molar-refractivity contribution in [3.8, 4) is 0 Å². The summed E-state index contributed by atoms with van der Waals surface area (Å²) in [7, 11) is 0. The topological polar surface area (TPSA) is 105 Å². The van der Waals surface area contributed by atoms with Crippen LogP contribution in [-0.2, 0) is 4.79 Å². The van der Waals surface area contributed by atoms with Crippen LogP contribution >= 0.6 is 11.3 Å². The van der Waals surface area contributed by atoms with E-state index in [4.69, 9.17) is 10.8 Å². The third kappa shape index (κ3) is 3.91. The fraction of sp³-hybridized carbons (Fsp3) is 0.357. The van der Waals surface area contributed by atoms with Gasteiger partial charge in [-0.25, -0.2) is 4.98 Å². The zero-order valence-electron chi connectivity index (χ0n) is 11.6. The van der Waals surface area contributed by atoms with E-state index in [1.165, 1.54) is 11.3 Å². The molecule has 21 heavy (non-hydrogen) atoms. The Morgan fingerprint density at radius 1 is 1.48 bits per heavy atom. The van der Waals surface area contributed by atoms with Crippen molar-refractivity contribution in [2.45, 2.75) is 32.2 Å². The minimum atomic E-state index is -0.917. The zero-order chi connectivity index (χ0) is 15.4. The molecule has 6 nitrogen and oxygen atoms in total. The van der Waals surface area contributed by atoms with Gasteiger partial charge >= 0.3 is 5.97 Å². The van der Waals surface area contributed by atoms with Gasteiger partial charge in [0.1, 0.15) is 0 Å². The van der Waals surface area contributed by atoms with Crippen LogP contribution in [0, 0.1) is 0 Å². The smallest absolute Gasteiger partial charge is 0.305 e. The van der Waals surface area contributed by atoms with Crippen LogP contribution in [0.3, 0.4) is 0 Å². The number of amides is 1. The molecule has 0 bridgehead atoms. The molecular weight excluding hydrogens is 290 g/mol. The molecule has 1 atom stereocenters. The number of benzene rings is 1. The Balaban J connectivity index is 2.14. The largest absolute Gasteiger partial charge is 0.481 e. The van der Waals surface area contributed by atoms with Crippen molar-refractivity contribution in [3.05, 3.63) is 23.8 Å². The molecule has 0 spiro atoms. The third-order valence-corrected chi connectivity index (χ3v) is 3.91. The maximum Gasteiger partial charge on any atom is 0.305 e. The zero-order valence-corrected chi connectivity index (χ0v) is 12.4. The molecule has 0 saturated carbocycles. The van der Waals surface area contributed by atoms with E-state index < -0.39 is 5.97 Å². The molecule has 1 amide bonds. The SMILES string of the molecule is CCCC(CC(=O)O)NC(=O)c1ccc2nc(N)sc2c1. The summed E-state index contributed by atoms with van der Waals surface area (Å²) in [5.41, 5.74) is 6.87. The average molecular weight is 307 g/mol. The number of nitrogens with one attached hydrogen (secondary N) is 1. The van der Waals surface area contributed by atoms with Crippen molar-refractivity contribution in [1.29, 1.82) is 0 Å². The Labute approximate surface area is 126 Å². The number of carbonyl (C=O) groups is 2. The van der Waals surface area contributed by atoms with E-state index in [0.29, 0.717) is 17.1 Å². The highest BCUT2D eigenvalue weighted by Crippen LogP contribution is 2.24. The Morgan fingerprint density at radius 2 is 2.24 bits per heavy atom. The third-order valence-electron chi connectivity index (χ3n) is 3.06. The first-order valence-electron chi connectivity index (χ1n) is 6.68. The second kappa shape index (κ2) is 6.53. The number of anilines is 1. The Bertz CT molecular complexity index is 669. The van der Waals surface area contributed by atoms with Crippen molar-refractivity contribution in [1.82, 2.24) is 10.3 Å². The minimum Gasteiger partial charge on any atom is -0.481 e. The number of hydrogen-bond acceptors (Lipinski definition) is 5. The molecule has 0 aliphatic rings. The van der Waals surface area contributed by atoms with Gasteiger partial charge in [0.25, 0.3) is 5.91 Å². The molecule has 0 aliphatic heterocycles. The van der Waals surface area contributed by atoms with Gasteiger partial charge in [-0.15, -0.1) is 0 Å². The fourth-order valence-corrected chi connectivity index (χ4v) is 2.91. The van der Waals surface area contributed by atoms with Crippen LogP contribution in [0.1, 0.15) is 36.5 Å². The van der Waals surface area contributed by atoms with Crippen LogP contribution in [0.25, 0.3) is 10.2 Å². The molecular formula is C14H17N3O3S. The van der Waals surface area contributed by atoms with Crippen LogP contribution in [0.5, 0.6) is 0 Å². The lowest BCUT2D eigenvalue weighted by Crippen LogP contribution is -2.36. The number of nitrogens with two attached hydrogens (primary N) is 1. The molecule has 1 unspecified atom stereocenters. The van der Waals surface area contributed by atoms with Gasteiger partial charge in [-0.05, 0) is 24.6 Å². The van der Waals surface area contributed by atoms with Crippen molar-refractivity contribution in [2.75, 3.05) is 5.73 Å². The molecule has 1 aromatic carbocycles. The summed E-state index contributed by atoms with van der Waals surface area (Å²) >= 11 is 1.32. The Hall–Kier alpha value is -2.15. The van der Waals surface area contributed by atoms with E-state index in [0.717, 1.165) is 16.6 Å². The number of fused-ring (bicyclic) bond motifs is 1. The number of nitrogen functional groups attached to an aromatic ring is 1. The standard InChI is InChI=1S/C14H17N3O3S/c1-2-3-9(7-12(18)19)16-13(20)8-4-5-10-11(6-8)21-14(15)17-10/h4-6,9H,2-3,7H2,1H3,(H2,15,17)(H,16,20)(H,18,19). The molecule has 4 N–H and O–H groups in total. The van der Waals surface area contributed by atoms with Crippen LogP contribution in [0.2, 0.25) is 0 Å². The van der Waals surface area contributed by atoms with E-state index in [-0.39, 0.29) is 18.4 Å². The first-order valence-corrected chi connectivity index (χ1v) is 7.50. The van der Waals surface area contributed by atoms with E-state index in [2.05, 4.69) is 10.3 Å². The summed E-state index contributed by atoms with van der Waals surface area (Å²) in [6, 6.07) is 4.77. The number of rotatable bonds is 6. The van der Waals surface area contributed by atoms with Gasteiger partial charge in [-0.1, -0.05) is 24.7 Å². The highest BCUT2D eigenvalue weighted by atomic mass is 32.1. The van der Waals surface area contributed by atoms with Crippen molar-refractivity contribution < 1.29 is 14.7 Å². The van der Waals surface area contributed by atoms with Crippen molar-refractivity contribution >= 4 is 38.6 Å². The van der Waals surface area contributed by atoms with Gasteiger partial charge in [0.15, 0.2) is 5.13 Å². The summed E-state index contributed by atoms with van der Waals surface area (Å²) in [6.07, 6.45) is 1.37. The maximum absolute atomic E-state index is 12.2. The summed E-state index contributed by atoms with van der Waals surface area (Å²) in [5.74, 6) is -1.19. The van der Waals surface area contributed by atoms with Crippen LogP contribution in [0.4, 0.5) is 5.13 Å². The maximum atomic E-state index is 12.2. The Morgan fingerprint density at radius 3 is 2.90 bits per heavy atom. The van der Waals surface area contributed by atoms with Gasteiger partial charge in [0.2, 0.25) is 0 Å². The molecule has 7 heteroatoms. The number of carbonyl (C=O) groups excluding carboxylic acids is 1. The number of nitrogens with zero attached hydrogens (tertiary/aromatic N) is 1. The van der Waals surface area contributed by atoms with Crippen LogP contribution in [0.15, 0.2) is 18.2 Å². The number of aromatic nitrogens is 1. The fourth-order valence-electron chi connectivity index (χ4n) is 2.14. The monoisotopic (exact) mass is 307 g/mol. The van der Waals surface area contributed by atoms with Gasteiger partial charge in [0, 0.05) is 11.6 Å². The normalized spacial score (nSPS) is 12.2. The lowest BCUT2D eigenvalue weighted by Gasteiger charge is -2.16. The lowest BCUT2D eigenvalue weighted by atomic mass is 10.1.